The molecule has 84 valence electrons. The fraction of sp³-hybridized carbons (Fsp3) is 0.250. The topological polar surface area (TPSA) is 38.3 Å². The van der Waals surface area contributed by atoms with Gasteiger partial charge < -0.3 is 4.74 Å². The van der Waals surface area contributed by atoms with Crippen molar-refractivity contribution >= 4 is 21.9 Å². The second-order valence-corrected chi connectivity index (χ2v) is 4.01. The lowest BCUT2D eigenvalue weighted by Gasteiger charge is -2.05. The summed E-state index contributed by atoms with van der Waals surface area (Å²) in [5.41, 5.74) is 0.952. The zero-order valence-electron chi connectivity index (χ0n) is 8.70. The van der Waals surface area contributed by atoms with Crippen molar-refractivity contribution in [1.29, 1.82) is 0 Å². The summed E-state index contributed by atoms with van der Waals surface area (Å²) in [7, 11) is 0. The maximum absolute atomic E-state index is 11.2. The molecule has 0 atom stereocenters. The third-order valence-electron chi connectivity index (χ3n) is 1.81. The normalized spacial score (nSPS) is 9.50. The van der Waals surface area contributed by atoms with E-state index < -0.39 is 0 Å². The molecule has 1 aromatic rings. The van der Waals surface area contributed by atoms with Crippen molar-refractivity contribution in [1.82, 2.24) is 5.32 Å². The molecule has 0 aliphatic carbocycles. The number of carbonyl (C=O) groups is 1. The SMILES string of the molecule is C#CCNCC(=O)OCc1ccc(Br)cc1. The van der Waals surface area contributed by atoms with Gasteiger partial charge in [0.25, 0.3) is 0 Å². The van der Waals surface area contributed by atoms with Crippen LogP contribution in [0.5, 0.6) is 0 Å². The van der Waals surface area contributed by atoms with Gasteiger partial charge >= 0.3 is 5.97 Å². The van der Waals surface area contributed by atoms with Gasteiger partial charge in [0.2, 0.25) is 0 Å². The number of carbonyl (C=O) groups excluding carboxylic acids is 1. The predicted molar refractivity (Wildman–Crippen MR) is 65.6 cm³/mol. The van der Waals surface area contributed by atoms with Gasteiger partial charge in [-0.15, -0.1) is 6.42 Å². The second-order valence-electron chi connectivity index (χ2n) is 3.09. The Morgan fingerprint density at radius 3 is 2.75 bits per heavy atom. The fourth-order valence-corrected chi connectivity index (χ4v) is 1.30. The standard InChI is InChI=1S/C12H12BrNO2/c1-2-7-14-8-12(15)16-9-10-3-5-11(13)6-4-10/h1,3-6,14H,7-9H2. The van der Waals surface area contributed by atoms with Crippen LogP contribution in [0.2, 0.25) is 0 Å². The van der Waals surface area contributed by atoms with Gasteiger partial charge in [0.1, 0.15) is 6.61 Å². The molecule has 0 bridgehead atoms. The lowest BCUT2D eigenvalue weighted by atomic mass is 10.2. The third-order valence-corrected chi connectivity index (χ3v) is 2.34. The average molecular weight is 282 g/mol. The summed E-state index contributed by atoms with van der Waals surface area (Å²) >= 11 is 3.33. The minimum atomic E-state index is -0.307. The van der Waals surface area contributed by atoms with Crippen molar-refractivity contribution in [3.05, 3.63) is 34.3 Å². The molecule has 0 saturated heterocycles. The summed E-state index contributed by atoms with van der Waals surface area (Å²) in [5, 5.41) is 2.76. The number of hydrogen-bond donors (Lipinski definition) is 1. The van der Waals surface area contributed by atoms with Gasteiger partial charge in [-0.3, -0.25) is 10.1 Å². The van der Waals surface area contributed by atoms with Crippen LogP contribution in [0.15, 0.2) is 28.7 Å². The maximum Gasteiger partial charge on any atom is 0.320 e. The Balaban J connectivity index is 2.26. The van der Waals surface area contributed by atoms with Crippen LogP contribution in [0.3, 0.4) is 0 Å². The summed E-state index contributed by atoms with van der Waals surface area (Å²) < 4.78 is 6.03. The first-order valence-corrected chi connectivity index (χ1v) is 5.56. The maximum atomic E-state index is 11.2. The smallest absolute Gasteiger partial charge is 0.320 e. The number of ether oxygens (including phenoxy) is 1. The van der Waals surface area contributed by atoms with E-state index in [9.17, 15) is 4.79 Å². The summed E-state index contributed by atoms with van der Waals surface area (Å²) in [6.45, 7) is 0.790. The first kappa shape index (κ1) is 12.8. The average Bonchev–Trinajstić information content (AvgIpc) is 2.29. The van der Waals surface area contributed by atoms with Crippen LogP contribution < -0.4 is 5.32 Å². The van der Waals surface area contributed by atoms with E-state index in [1.807, 2.05) is 24.3 Å². The largest absolute Gasteiger partial charge is 0.460 e. The molecule has 0 saturated carbocycles. The van der Waals surface area contributed by atoms with Gasteiger partial charge in [0, 0.05) is 4.47 Å². The van der Waals surface area contributed by atoms with Gasteiger partial charge in [-0.2, -0.15) is 0 Å². The number of hydrogen-bond acceptors (Lipinski definition) is 3. The number of nitrogens with one attached hydrogen (secondary N) is 1. The molecule has 16 heavy (non-hydrogen) atoms. The lowest BCUT2D eigenvalue weighted by molar-refractivity contribution is -0.143. The number of rotatable bonds is 5. The van der Waals surface area contributed by atoms with Crippen molar-refractivity contribution < 1.29 is 9.53 Å². The monoisotopic (exact) mass is 281 g/mol. The van der Waals surface area contributed by atoms with Crippen LogP contribution in [0.1, 0.15) is 5.56 Å². The Kier molecular flexibility index (Phi) is 5.62. The summed E-state index contributed by atoms with van der Waals surface area (Å²) in [4.78, 5) is 11.2. The van der Waals surface area contributed by atoms with Gasteiger partial charge in [0.05, 0.1) is 13.1 Å². The van der Waals surface area contributed by atoms with Crippen LogP contribution >= 0.6 is 15.9 Å². The summed E-state index contributed by atoms with van der Waals surface area (Å²) in [5.74, 6) is 2.07. The van der Waals surface area contributed by atoms with Crippen LogP contribution in [-0.2, 0) is 16.1 Å². The molecule has 0 radical (unpaired) electrons. The molecule has 0 spiro atoms. The van der Waals surface area contributed by atoms with E-state index in [2.05, 4.69) is 27.2 Å². The van der Waals surface area contributed by atoms with Gasteiger partial charge in [-0.05, 0) is 17.7 Å². The fourth-order valence-electron chi connectivity index (χ4n) is 1.03. The molecular weight excluding hydrogens is 270 g/mol. The van der Waals surface area contributed by atoms with Crippen LogP contribution in [-0.4, -0.2) is 19.1 Å². The first-order valence-electron chi connectivity index (χ1n) is 4.76. The molecule has 0 aromatic heterocycles. The van der Waals surface area contributed by atoms with E-state index in [0.29, 0.717) is 6.54 Å². The van der Waals surface area contributed by atoms with Crippen molar-refractivity contribution in [3.63, 3.8) is 0 Å². The molecule has 0 aliphatic heterocycles. The first-order chi connectivity index (χ1) is 7.72. The van der Waals surface area contributed by atoms with Crippen molar-refractivity contribution in [2.45, 2.75) is 6.61 Å². The summed E-state index contributed by atoms with van der Waals surface area (Å²) in [6, 6.07) is 7.60. The highest BCUT2D eigenvalue weighted by molar-refractivity contribution is 9.10. The van der Waals surface area contributed by atoms with Crippen LogP contribution in [0.4, 0.5) is 0 Å². The molecular formula is C12H12BrNO2. The van der Waals surface area contributed by atoms with Gasteiger partial charge in [-0.1, -0.05) is 34.0 Å². The number of halogens is 1. The quantitative estimate of drug-likeness (QED) is 0.507. The minimum absolute atomic E-state index is 0.140. The van der Waals surface area contributed by atoms with Crippen LogP contribution in [0.25, 0.3) is 0 Å². The van der Waals surface area contributed by atoms with Crippen molar-refractivity contribution in [3.8, 4) is 12.3 Å². The lowest BCUT2D eigenvalue weighted by Crippen LogP contribution is -2.24. The summed E-state index contributed by atoms with van der Waals surface area (Å²) in [6.07, 6.45) is 5.02. The highest BCUT2D eigenvalue weighted by atomic mass is 79.9. The highest BCUT2D eigenvalue weighted by Crippen LogP contribution is 2.10. The van der Waals surface area contributed by atoms with Gasteiger partial charge in [0.15, 0.2) is 0 Å². The Hall–Kier alpha value is -1.31. The van der Waals surface area contributed by atoms with E-state index in [0.717, 1.165) is 10.0 Å². The van der Waals surface area contributed by atoms with E-state index in [1.54, 1.807) is 0 Å². The highest BCUT2D eigenvalue weighted by Gasteiger charge is 2.01. The predicted octanol–water partition coefficient (Wildman–Crippen LogP) is 1.72. The van der Waals surface area contributed by atoms with E-state index >= 15 is 0 Å². The third kappa shape index (κ3) is 4.96. The minimum Gasteiger partial charge on any atom is -0.460 e. The Morgan fingerprint density at radius 2 is 2.12 bits per heavy atom. The zero-order chi connectivity index (χ0) is 11.8. The number of esters is 1. The molecule has 0 amide bonds. The molecule has 0 heterocycles. The second kappa shape index (κ2) is 7.04. The molecule has 1 rings (SSSR count). The Labute approximate surface area is 103 Å². The Morgan fingerprint density at radius 1 is 1.44 bits per heavy atom. The van der Waals surface area contributed by atoms with Gasteiger partial charge in [-0.25, -0.2) is 0 Å². The van der Waals surface area contributed by atoms with Crippen molar-refractivity contribution in [2.24, 2.45) is 0 Å². The van der Waals surface area contributed by atoms with E-state index in [-0.39, 0.29) is 19.1 Å². The molecule has 0 fully saturated rings. The number of benzene rings is 1. The van der Waals surface area contributed by atoms with E-state index in [4.69, 9.17) is 11.2 Å². The molecule has 1 N–H and O–H groups in total. The number of terminal acetylenes is 1. The zero-order valence-corrected chi connectivity index (χ0v) is 10.3. The molecule has 0 aliphatic rings. The molecule has 1 aromatic carbocycles. The van der Waals surface area contributed by atoms with E-state index in [1.165, 1.54) is 0 Å². The molecule has 3 nitrogen and oxygen atoms in total. The molecule has 0 unspecified atom stereocenters. The molecule has 4 heteroatoms. The van der Waals surface area contributed by atoms with Crippen molar-refractivity contribution in [2.75, 3.05) is 13.1 Å². The van der Waals surface area contributed by atoms with Crippen LogP contribution in [0, 0.1) is 12.3 Å². The Bertz CT molecular complexity index is 381.